The number of benzene rings is 3. The molecule has 0 aliphatic heterocycles. The van der Waals surface area contributed by atoms with Gasteiger partial charge in [-0.25, -0.2) is 0 Å². The minimum Gasteiger partial charge on any atom is -0.427 e. The van der Waals surface area contributed by atoms with Gasteiger partial charge in [-0.1, -0.05) is 47.5 Å². The minimum atomic E-state index is -0.410. The van der Waals surface area contributed by atoms with E-state index in [0.29, 0.717) is 22.6 Å². The minimum absolute atomic E-state index is 0.406. The third kappa shape index (κ3) is 4.60. The molecule has 4 nitrogen and oxygen atoms in total. The number of ether oxygens (including phenoxy) is 2. The lowest BCUT2D eigenvalue weighted by Gasteiger charge is -2.19. The Morgan fingerprint density at radius 1 is 0.600 bits per heavy atom. The molecule has 0 aliphatic carbocycles. The highest BCUT2D eigenvalue weighted by atomic mass is 16.5. The van der Waals surface area contributed by atoms with Crippen LogP contribution in [0.5, 0.6) is 11.5 Å². The summed E-state index contributed by atoms with van der Waals surface area (Å²) in [5.41, 5.74) is 7.58. The Hall–Kier alpha value is -3.40. The van der Waals surface area contributed by atoms with Gasteiger partial charge < -0.3 is 9.47 Å². The third-order valence-corrected chi connectivity index (χ3v) is 4.91. The SMILES string of the molecule is CC(=O)Oc1cc(-c2ccc(C)cc2C)c(OC(C)=O)c(-c2ccc(C)cc2C)c1. The quantitative estimate of drug-likeness (QED) is 0.390. The fraction of sp³-hybridized carbons (Fsp3) is 0.231. The second kappa shape index (κ2) is 8.54. The molecule has 0 saturated carbocycles. The largest absolute Gasteiger partial charge is 0.427 e. The van der Waals surface area contributed by atoms with Crippen LogP contribution in [0.4, 0.5) is 0 Å². The number of carbonyl (C=O) groups is 2. The maximum Gasteiger partial charge on any atom is 0.308 e. The predicted molar refractivity (Wildman–Crippen MR) is 119 cm³/mol. The van der Waals surface area contributed by atoms with Gasteiger partial charge in [-0.2, -0.15) is 0 Å². The molecule has 0 saturated heterocycles. The van der Waals surface area contributed by atoms with Crippen molar-refractivity contribution in [3.05, 3.63) is 70.8 Å². The zero-order valence-electron chi connectivity index (χ0n) is 18.3. The van der Waals surface area contributed by atoms with E-state index in [4.69, 9.17) is 9.47 Å². The standard InChI is InChI=1S/C26H26O4/c1-15-7-9-22(17(3)11-15)24-13-21(29-19(5)27)14-25(26(24)30-20(6)28)23-10-8-16(2)12-18(23)4/h7-14H,1-6H3. The Morgan fingerprint density at radius 3 is 1.40 bits per heavy atom. The molecule has 154 valence electrons. The molecule has 0 bridgehead atoms. The molecule has 0 amide bonds. The van der Waals surface area contributed by atoms with E-state index in [9.17, 15) is 9.59 Å². The van der Waals surface area contributed by atoms with Gasteiger partial charge in [0.2, 0.25) is 0 Å². The summed E-state index contributed by atoms with van der Waals surface area (Å²) in [5, 5.41) is 0. The van der Waals surface area contributed by atoms with Gasteiger partial charge in [0.15, 0.2) is 0 Å². The Balaban J connectivity index is 2.38. The van der Waals surface area contributed by atoms with Gasteiger partial charge in [-0.15, -0.1) is 0 Å². The van der Waals surface area contributed by atoms with E-state index in [2.05, 4.69) is 12.1 Å². The second-order valence-corrected chi connectivity index (χ2v) is 7.67. The molecule has 3 aromatic carbocycles. The van der Waals surface area contributed by atoms with Gasteiger partial charge in [-0.05, 0) is 62.1 Å². The van der Waals surface area contributed by atoms with E-state index >= 15 is 0 Å². The molecule has 0 N–H and O–H groups in total. The number of carbonyl (C=O) groups excluding carboxylic acids is 2. The Labute approximate surface area is 177 Å². The first kappa shape index (κ1) is 21.3. The zero-order chi connectivity index (χ0) is 22.0. The van der Waals surface area contributed by atoms with Crippen LogP contribution < -0.4 is 9.47 Å². The highest BCUT2D eigenvalue weighted by molar-refractivity contribution is 5.89. The first-order chi connectivity index (χ1) is 14.2. The lowest BCUT2D eigenvalue weighted by molar-refractivity contribution is -0.133. The number of hydrogen-bond acceptors (Lipinski definition) is 4. The molecule has 0 fully saturated rings. The first-order valence-electron chi connectivity index (χ1n) is 9.86. The van der Waals surface area contributed by atoms with Crippen LogP contribution in [-0.4, -0.2) is 11.9 Å². The van der Waals surface area contributed by atoms with Crippen LogP contribution in [0.3, 0.4) is 0 Å². The zero-order valence-corrected chi connectivity index (χ0v) is 18.3. The molecule has 0 unspecified atom stereocenters. The molecule has 0 radical (unpaired) electrons. The molecule has 3 rings (SSSR count). The fourth-order valence-corrected chi connectivity index (χ4v) is 3.71. The first-order valence-corrected chi connectivity index (χ1v) is 9.86. The van der Waals surface area contributed by atoms with Crippen molar-refractivity contribution in [3.63, 3.8) is 0 Å². The van der Waals surface area contributed by atoms with Crippen LogP contribution in [-0.2, 0) is 9.59 Å². The summed E-state index contributed by atoms with van der Waals surface area (Å²) in [7, 11) is 0. The van der Waals surface area contributed by atoms with Crippen molar-refractivity contribution in [2.75, 3.05) is 0 Å². The van der Waals surface area contributed by atoms with Crippen LogP contribution in [0.2, 0.25) is 0 Å². The number of hydrogen-bond donors (Lipinski definition) is 0. The van der Waals surface area contributed by atoms with Crippen LogP contribution in [0, 0.1) is 27.7 Å². The molecule has 4 heteroatoms. The predicted octanol–water partition coefficient (Wildman–Crippen LogP) is 6.10. The van der Waals surface area contributed by atoms with E-state index < -0.39 is 11.9 Å². The Kier molecular flexibility index (Phi) is 6.06. The maximum atomic E-state index is 12.0. The van der Waals surface area contributed by atoms with Crippen molar-refractivity contribution in [3.8, 4) is 33.8 Å². The van der Waals surface area contributed by atoms with E-state index in [1.165, 1.54) is 13.8 Å². The van der Waals surface area contributed by atoms with Gasteiger partial charge in [0.25, 0.3) is 0 Å². The highest BCUT2D eigenvalue weighted by Crippen LogP contribution is 2.44. The summed E-state index contributed by atoms with van der Waals surface area (Å²) >= 11 is 0. The molecule has 0 heterocycles. The second-order valence-electron chi connectivity index (χ2n) is 7.67. The summed E-state index contributed by atoms with van der Waals surface area (Å²) in [6, 6.07) is 15.7. The third-order valence-electron chi connectivity index (χ3n) is 4.91. The van der Waals surface area contributed by atoms with Crippen molar-refractivity contribution in [1.29, 1.82) is 0 Å². The lowest BCUT2D eigenvalue weighted by atomic mass is 9.91. The molecular weight excluding hydrogens is 376 g/mol. The summed E-state index contributed by atoms with van der Waals surface area (Å²) in [6.45, 7) is 10.8. The van der Waals surface area contributed by atoms with Gasteiger partial charge in [-0.3, -0.25) is 9.59 Å². The van der Waals surface area contributed by atoms with Crippen molar-refractivity contribution >= 4 is 11.9 Å². The van der Waals surface area contributed by atoms with Crippen molar-refractivity contribution in [1.82, 2.24) is 0 Å². The summed E-state index contributed by atoms with van der Waals surface area (Å²) in [6.07, 6.45) is 0. The van der Waals surface area contributed by atoms with Crippen LogP contribution >= 0.6 is 0 Å². The van der Waals surface area contributed by atoms with Crippen molar-refractivity contribution in [2.24, 2.45) is 0 Å². The van der Waals surface area contributed by atoms with E-state index in [1.54, 1.807) is 12.1 Å². The van der Waals surface area contributed by atoms with Crippen LogP contribution in [0.25, 0.3) is 22.3 Å². The van der Waals surface area contributed by atoms with Gasteiger partial charge in [0.05, 0.1) is 0 Å². The van der Waals surface area contributed by atoms with Gasteiger partial charge >= 0.3 is 11.9 Å². The summed E-state index contributed by atoms with van der Waals surface area (Å²) in [5.74, 6) is 0.0429. The average Bonchev–Trinajstić information content (AvgIpc) is 2.62. The Bertz CT molecular complexity index is 1070. The van der Waals surface area contributed by atoms with E-state index in [-0.39, 0.29) is 0 Å². The smallest absolute Gasteiger partial charge is 0.308 e. The number of aryl methyl sites for hydroxylation is 4. The summed E-state index contributed by atoms with van der Waals surface area (Å²) in [4.78, 5) is 23.7. The molecule has 0 atom stereocenters. The lowest BCUT2D eigenvalue weighted by Crippen LogP contribution is -2.07. The highest BCUT2D eigenvalue weighted by Gasteiger charge is 2.21. The van der Waals surface area contributed by atoms with Crippen LogP contribution in [0.1, 0.15) is 36.1 Å². The molecule has 0 spiro atoms. The number of rotatable bonds is 4. The van der Waals surface area contributed by atoms with Crippen LogP contribution in [0.15, 0.2) is 48.5 Å². The van der Waals surface area contributed by atoms with E-state index in [0.717, 1.165) is 33.4 Å². The van der Waals surface area contributed by atoms with Gasteiger partial charge in [0.1, 0.15) is 11.5 Å². The maximum absolute atomic E-state index is 12.0. The molecule has 30 heavy (non-hydrogen) atoms. The fourth-order valence-electron chi connectivity index (χ4n) is 3.71. The average molecular weight is 402 g/mol. The molecular formula is C26H26O4. The van der Waals surface area contributed by atoms with Crippen molar-refractivity contribution < 1.29 is 19.1 Å². The van der Waals surface area contributed by atoms with Crippen molar-refractivity contribution in [2.45, 2.75) is 41.5 Å². The number of esters is 2. The van der Waals surface area contributed by atoms with E-state index in [1.807, 2.05) is 52.0 Å². The molecule has 0 aliphatic rings. The van der Waals surface area contributed by atoms with Gasteiger partial charge in [0, 0.05) is 25.0 Å². The summed E-state index contributed by atoms with van der Waals surface area (Å²) < 4.78 is 11.2. The monoisotopic (exact) mass is 402 g/mol. The normalized spacial score (nSPS) is 10.6. The topological polar surface area (TPSA) is 52.6 Å². The molecule has 3 aromatic rings. The molecule has 0 aromatic heterocycles. The Morgan fingerprint density at radius 2 is 1.03 bits per heavy atom.